The number of hydrogen-bond acceptors (Lipinski definition) is 6. The van der Waals surface area contributed by atoms with Crippen LogP contribution in [0.15, 0.2) is 60.7 Å². The Bertz CT molecular complexity index is 1430. The third kappa shape index (κ3) is 4.93. The molecule has 1 aromatic heterocycles. The quantitative estimate of drug-likeness (QED) is 0.277. The van der Waals surface area contributed by atoms with Gasteiger partial charge in [-0.15, -0.1) is 13.2 Å². The first kappa shape index (κ1) is 24.7. The van der Waals surface area contributed by atoms with Gasteiger partial charge in [0.15, 0.2) is 17.3 Å². The summed E-state index contributed by atoms with van der Waals surface area (Å²) in [5.74, 6) is 1.98. The number of nitrogens with one attached hydrogen (secondary N) is 1. The monoisotopic (exact) mass is 561 g/mol. The number of aromatic amines is 1. The van der Waals surface area contributed by atoms with Crippen molar-refractivity contribution < 1.29 is 22.6 Å². The smallest absolute Gasteiger partial charge is 0.453 e. The van der Waals surface area contributed by atoms with Crippen molar-refractivity contribution in [2.24, 2.45) is 0 Å². The van der Waals surface area contributed by atoms with Gasteiger partial charge in [-0.1, -0.05) is 23.2 Å². The van der Waals surface area contributed by atoms with Crippen molar-refractivity contribution in [3.05, 3.63) is 70.7 Å². The highest BCUT2D eigenvalue weighted by Crippen LogP contribution is 2.50. The number of piperidine rings is 1. The first-order valence-electron chi connectivity index (χ1n) is 11.8. The molecule has 0 spiro atoms. The Labute approximate surface area is 225 Å². The van der Waals surface area contributed by atoms with E-state index in [1.807, 2.05) is 24.3 Å². The molecule has 6 rings (SSSR count). The number of aromatic nitrogens is 3. The molecule has 0 saturated carbocycles. The molecular formula is C26H20Cl2F3N5O2. The average Bonchev–Trinajstić information content (AvgIpc) is 3.37. The van der Waals surface area contributed by atoms with Gasteiger partial charge in [0, 0.05) is 40.8 Å². The number of H-pyrrole nitrogens is 1. The van der Waals surface area contributed by atoms with Crippen LogP contribution in [0.3, 0.4) is 0 Å². The first-order chi connectivity index (χ1) is 18.2. The lowest BCUT2D eigenvalue weighted by Crippen LogP contribution is -2.47. The Morgan fingerprint density at radius 3 is 2.24 bits per heavy atom. The van der Waals surface area contributed by atoms with Crippen LogP contribution in [-0.4, -0.2) is 40.7 Å². The third-order valence-electron chi connectivity index (χ3n) is 6.46. The van der Waals surface area contributed by atoms with Crippen LogP contribution in [0.2, 0.25) is 10.0 Å². The van der Waals surface area contributed by atoms with Crippen LogP contribution in [0.25, 0.3) is 11.4 Å². The van der Waals surface area contributed by atoms with E-state index in [0.29, 0.717) is 45.4 Å². The predicted octanol–water partition coefficient (Wildman–Crippen LogP) is 7.59. The average molecular weight is 562 g/mol. The first-order valence-corrected chi connectivity index (χ1v) is 12.6. The second-order valence-electron chi connectivity index (χ2n) is 8.99. The van der Waals surface area contributed by atoms with Gasteiger partial charge in [-0.3, -0.25) is 0 Å². The molecule has 1 N–H and O–H groups in total. The number of fused-ring (bicyclic) bond motifs is 2. The summed E-state index contributed by atoms with van der Waals surface area (Å²) >= 11 is 12.5. The zero-order chi connectivity index (χ0) is 26.4. The Hall–Kier alpha value is -3.63. The number of hydrogen-bond donors (Lipinski definition) is 1. The maximum atomic E-state index is 12.5. The fourth-order valence-electron chi connectivity index (χ4n) is 4.87. The van der Waals surface area contributed by atoms with Crippen molar-refractivity contribution in [2.75, 3.05) is 22.9 Å². The molecule has 1 saturated heterocycles. The molecule has 1 fully saturated rings. The number of nitrogens with zero attached hydrogens (tertiary/aromatic N) is 4. The van der Waals surface area contributed by atoms with E-state index in [1.165, 1.54) is 24.3 Å². The fraction of sp³-hybridized carbons (Fsp3) is 0.231. The molecule has 4 aromatic rings. The molecule has 7 nitrogen and oxygen atoms in total. The summed E-state index contributed by atoms with van der Waals surface area (Å²) in [6, 6.07) is 16.7. The third-order valence-corrected chi connectivity index (χ3v) is 6.93. The van der Waals surface area contributed by atoms with Crippen molar-refractivity contribution >= 4 is 40.5 Å². The predicted molar refractivity (Wildman–Crippen MR) is 139 cm³/mol. The van der Waals surface area contributed by atoms with Crippen molar-refractivity contribution in [3.63, 3.8) is 0 Å². The van der Waals surface area contributed by atoms with Crippen LogP contribution in [0.4, 0.5) is 30.5 Å². The topological polar surface area (TPSA) is 66.5 Å². The molecule has 12 heteroatoms. The summed E-state index contributed by atoms with van der Waals surface area (Å²) in [5.41, 5.74) is 2.39. The summed E-state index contributed by atoms with van der Waals surface area (Å²) in [6.07, 6.45) is -2.90. The molecule has 3 aromatic carbocycles. The van der Waals surface area contributed by atoms with Crippen LogP contribution >= 0.6 is 23.2 Å². The summed E-state index contributed by atoms with van der Waals surface area (Å²) < 4.78 is 47.5. The molecule has 196 valence electrons. The number of alkyl halides is 3. The zero-order valence-corrected chi connectivity index (χ0v) is 21.2. The van der Waals surface area contributed by atoms with E-state index in [2.05, 4.69) is 29.7 Å². The molecular weight excluding hydrogens is 542 g/mol. The normalized spacial score (nSPS) is 17.0. The highest BCUT2D eigenvalue weighted by atomic mass is 35.5. The summed E-state index contributed by atoms with van der Waals surface area (Å²) in [5, 5.41) is 8.42. The van der Waals surface area contributed by atoms with E-state index in [4.69, 9.17) is 27.9 Å². The van der Waals surface area contributed by atoms with Crippen LogP contribution in [0, 0.1) is 0 Å². The second kappa shape index (κ2) is 9.59. The lowest BCUT2D eigenvalue weighted by Gasteiger charge is -2.43. The molecule has 2 aliphatic rings. The van der Waals surface area contributed by atoms with Crippen molar-refractivity contribution in [1.82, 2.24) is 15.2 Å². The number of ether oxygens (including phenoxy) is 2. The second-order valence-corrected chi connectivity index (χ2v) is 9.87. The van der Waals surface area contributed by atoms with Gasteiger partial charge in [-0.05, 0) is 61.4 Å². The van der Waals surface area contributed by atoms with Gasteiger partial charge in [0.1, 0.15) is 5.75 Å². The van der Waals surface area contributed by atoms with Crippen LogP contribution in [-0.2, 0) is 0 Å². The van der Waals surface area contributed by atoms with E-state index < -0.39 is 6.36 Å². The summed E-state index contributed by atoms with van der Waals surface area (Å²) in [6.45, 7) is 1.42. The molecule has 0 radical (unpaired) electrons. The van der Waals surface area contributed by atoms with Gasteiger partial charge in [-0.25, -0.2) is 5.10 Å². The van der Waals surface area contributed by atoms with Gasteiger partial charge in [0.2, 0.25) is 5.95 Å². The maximum absolute atomic E-state index is 12.5. The minimum absolute atomic E-state index is 0.0832. The van der Waals surface area contributed by atoms with Gasteiger partial charge >= 0.3 is 6.36 Å². The number of anilines is 3. The minimum atomic E-state index is -4.75. The molecule has 0 bridgehead atoms. The Kier molecular flexibility index (Phi) is 6.23. The Balaban J connectivity index is 1.25. The molecule has 1 atom stereocenters. The SMILES string of the molecule is FC(F)(F)Oc1ccc(-c2n[nH]c(N3CCCC(N4c5ccc(Cl)cc5Oc5cc(Cl)ccc54)C3)n2)cc1. The minimum Gasteiger partial charge on any atom is -0.453 e. The maximum Gasteiger partial charge on any atom is 0.573 e. The molecule has 2 aliphatic heterocycles. The lowest BCUT2D eigenvalue weighted by molar-refractivity contribution is -0.274. The highest BCUT2D eigenvalue weighted by Gasteiger charge is 2.34. The number of rotatable bonds is 4. The summed E-state index contributed by atoms with van der Waals surface area (Å²) in [7, 11) is 0. The van der Waals surface area contributed by atoms with Crippen LogP contribution in [0.5, 0.6) is 17.2 Å². The van der Waals surface area contributed by atoms with Crippen LogP contribution < -0.4 is 19.3 Å². The molecule has 3 heterocycles. The Morgan fingerprint density at radius 1 is 0.947 bits per heavy atom. The summed E-state index contributed by atoms with van der Waals surface area (Å²) in [4.78, 5) is 8.99. The van der Waals surface area contributed by atoms with E-state index in [9.17, 15) is 13.2 Å². The Morgan fingerprint density at radius 2 is 1.61 bits per heavy atom. The van der Waals surface area contributed by atoms with Gasteiger partial charge in [-0.2, -0.15) is 10.1 Å². The van der Waals surface area contributed by atoms with E-state index in [0.717, 1.165) is 30.8 Å². The number of benzene rings is 3. The lowest BCUT2D eigenvalue weighted by atomic mass is 10.0. The highest BCUT2D eigenvalue weighted by molar-refractivity contribution is 6.31. The van der Waals surface area contributed by atoms with Gasteiger partial charge in [0.25, 0.3) is 0 Å². The molecule has 0 aliphatic carbocycles. The van der Waals surface area contributed by atoms with Crippen molar-refractivity contribution in [1.29, 1.82) is 0 Å². The number of halogens is 5. The molecule has 1 unspecified atom stereocenters. The zero-order valence-electron chi connectivity index (χ0n) is 19.7. The van der Waals surface area contributed by atoms with Crippen molar-refractivity contribution in [3.8, 4) is 28.6 Å². The van der Waals surface area contributed by atoms with E-state index >= 15 is 0 Å². The van der Waals surface area contributed by atoms with Gasteiger partial charge in [0.05, 0.1) is 17.4 Å². The van der Waals surface area contributed by atoms with Crippen LogP contribution in [0.1, 0.15) is 12.8 Å². The fourth-order valence-corrected chi connectivity index (χ4v) is 5.19. The van der Waals surface area contributed by atoms with Gasteiger partial charge < -0.3 is 19.3 Å². The molecule has 38 heavy (non-hydrogen) atoms. The standard InChI is InChI=1S/C26H20Cl2F3N5O2/c27-16-5-9-20-22(12-16)37-23-13-17(28)6-10-21(23)36(20)18-2-1-11-35(14-18)25-32-24(33-34-25)15-3-7-19(8-4-15)38-26(29,30)31/h3-10,12-13,18H,1-2,11,14H2,(H,32,33,34). The largest absolute Gasteiger partial charge is 0.573 e. The molecule has 0 amide bonds. The van der Waals surface area contributed by atoms with E-state index in [1.54, 1.807) is 12.1 Å². The van der Waals surface area contributed by atoms with E-state index in [-0.39, 0.29) is 11.8 Å². The van der Waals surface area contributed by atoms with Crippen molar-refractivity contribution in [2.45, 2.75) is 25.2 Å².